The van der Waals surface area contributed by atoms with Crippen molar-refractivity contribution in [2.45, 2.75) is 39.2 Å². The van der Waals surface area contributed by atoms with Crippen molar-refractivity contribution in [1.82, 2.24) is 5.32 Å². The van der Waals surface area contributed by atoms with Gasteiger partial charge in [-0.2, -0.15) is 0 Å². The molecule has 1 atom stereocenters. The fraction of sp³-hybridized carbons (Fsp3) is 0.429. The maximum Gasteiger partial charge on any atom is 0.190 e. The van der Waals surface area contributed by atoms with E-state index < -0.39 is 11.6 Å². The number of fused-ring (bicyclic) bond motifs is 1. The molecule has 0 bridgehead atoms. The predicted octanol–water partition coefficient (Wildman–Crippen LogP) is 4.53. The average molecular weight is 360 g/mol. The van der Waals surface area contributed by atoms with Gasteiger partial charge in [0.25, 0.3) is 0 Å². The van der Waals surface area contributed by atoms with Crippen LogP contribution in [0.25, 0.3) is 0 Å². The standard InChI is InChI=1S/C21H26F2N2O/c1-13-6-7-15-8-10-24-9-4-5-17(15)20(13)25-14(2)16-11-18(22)21(26-3)19(23)12-16/h6-7,11-12,14,24-25H,4-5,8-10H2,1-3H3. The Morgan fingerprint density at radius 1 is 1.12 bits per heavy atom. The van der Waals surface area contributed by atoms with Gasteiger partial charge in [0.1, 0.15) is 0 Å². The Hall–Kier alpha value is -2.14. The SMILES string of the molecule is COc1c(F)cc(C(C)Nc2c(C)ccc3c2CCCNCC3)cc1F. The van der Waals surface area contributed by atoms with Crippen molar-refractivity contribution in [2.24, 2.45) is 0 Å². The number of rotatable bonds is 4. The number of anilines is 1. The molecule has 3 nitrogen and oxygen atoms in total. The molecule has 1 aliphatic heterocycles. The van der Waals surface area contributed by atoms with Crippen LogP contribution < -0.4 is 15.4 Å². The zero-order valence-corrected chi connectivity index (χ0v) is 15.6. The van der Waals surface area contributed by atoms with E-state index in [4.69, 9.17) is 4.74 Å². The molecule has 3 rings (SSSR count). The van der Waals surface area contributed by atoms with E-state index in [-0.39, 0.29) is 11.8 Å². The second kappa shape index (κ2) is 8.04. The topological polar surface area (TPSA) is 33.3 Å². The lowest BCUT2D eigenvalue weighted by Gasteiger charge is -2.24. The van der Waals surface area contributed by atoms with E-state index in [1.165, 1.54) is 30.4 Å². The summed E-state index contributed by atoms with van der Waals surface area (Å²) in [4.78, 5) is 0. The fourth-order valence-corrected chi connectivity index (χ4v) is 3.59. The molecule has 2 N–H and O–H groups in total. The van der Waals surface area contributed by atoms with Crippen molar-refractivity contribution in [1.29, 1.82) is 0 Å². The average Bonchev–Trinajstić information content (AvgIpc) is 2.58. The molecular formula is C21H26F2N2O. The van der Waals surface area contributed by atoms with Crippen LogP contribution >= 0.6 is 0 Å². The first-order valence-electron chi connectivity index (χ1n) is 9.12. The van der Waals surface area contributed by atoms with E-state index in [0.717, 1.165) is 43.6 Å². The summed E-state index contributed by atoms with van der Waals surface area (Å²) in [6.45, 7) is 5.97. The third kappa shape index (κ3) is 3.83. The van der Waals surface area contributed by atoms with Gasteiger partial charge in [0, 0.05) is 11.7 Å². The summed E-state index contributed by atoms with van der Waals surface area (Å²) in [7, 11) is 1.27. The van der Waals surface area contributed by atoms with E-state index in [1.807, 2.05) is 6.92 Å². The van der Waals surface area contributed by atoms with E-state index in [9.17, 15) is 8.78 Å². The highest BCUT2D eigenvalue weighted by Crippen LogP contribution is 2.32. The molecule has 26 heavy (non-hydrogen) atoms. The molecule has 0 aliphatic carbocycles. The molecular weight excluding hydrogens is 334 g/mol. The van der Waals surface area contributed by atoms with Gasteiger partial charge in [0.2, 0.25) is 0 Å². The fourth-order valence-electron chi connectivity index (χ4n) is 3.59. The molecule has 140 valence electrons. The van der Waals surface area contributed by atoms with Gasteiger partial charge in [-0.15, -0.1) is 0 Å². The van der Waals surface area contributed by atoms with Crippen molar-refractivity contribution in [3.05, 3.63) is 58.2 Å². The molecule has 5 heteroatoms. The quantitative estimate of drug-likeness (QED) is 0.840. The Morgan fingerprint density at radius 2 is 1.85 bits per heavy atom. The highest BCUT2D eigenvalue weighted by Gasteiger charge is 2.18. The molecule has 2 aromatic carbocycles. The van der Waals surface area contributed by atoms with Gasteiger partial charge in [-0.3, -0.25) is 0 Å². The van der Waals surface area contributed by atoms with Crippen molar-refractivity contribution in [3.63, 3.8) is 0 Å². The van der Waals surface area contributed by atoms with Gasteiger partial charge in [0.05, 0.1) is 7.11 Å². The van der Waals surface area contributed by atoms with Crippen LogP contribution in [0.4, 0.5) is 14.5 Å². The smallest absolute Gasteiger partial charge is 0.190 e. The minimum Gasteiger partial charge on any atom is -0.491 e. The Bertz CT molecular complexity index is 769. The van der Waals surface area contributed by atoms with Gasteiger partial charge < -0.3 is 15.4 Å². The summed E-state index contributed by atoms with van der Waals surface area (Å²) in [5.41, 5.74) is 5.47. The van der Waals surface area contributed by atoms with Crippen LogP contribution in [-0.4, -0.2) is 20.2 Å². The number of hydrogen-bond acceptors (Lipinski definition) is 3. The number of aryl methyl sites for hydroxylation is 1. The molecule has 1 aliphatic rings. The lowest BCUT2D eigenvalue weighted by Crippen LogP contribution is -2.23. The minimum absolute atomic E-state index is 0.223. The number of nitrogens with one attached hydrogen (secondary N) is 2. The van der Waals surface area contributed by atoms with Crippen molar-refractivity contribution in [3.8, 4) is 5.75 Å². The van der Waals surface area contributed by atoms with Gasteiger partial charge in [-0.1, -0.05) is 12.1 Å². The Labute approximate surface area is 153 Å². The minimum atomic E-state index is -0.678. The van der Waals surface area contributed by atoms with E-state index >= 15 is 0 Å². The second-order valence-electron chi connectivity index (χ2n) is 6.88. The van der Waals surface area contributed by atoms with Crippen LogP contribution in [-0.2, 0) is 12.8 Å². The first-order chi connectivity index (χ1) is 12.5. The number of halogens is 2. The molecule has 0 fully saturated rings. The molecule has 2 aromatic rings. The number of hydrogen-bond donors (Lipinski definition) is 2. The Kier molecular flexibility index (Phi) is 5.77. The van der Waals surface area contributed by atoms with Crippen LogP contribution in [0.15, 0.2) is 24.3 Å². The highest BCUT2D eigenvalue weighted by molar-refractivity contribution is 5.61. The van der Waals surface area contributed by atoms with E-state index in [1.54, 1.807) is 0 Å². The third-order valence-electron chi connectivity index (χ3n) is 5.06. The lowest BCUT2D eigenvalue weighted by molar-refractivity contribution is 0.359. The number of methoxy groups -OCH3 is 1. The van der Waals surface area contributed by atoms with E-state index in [2.05, 4.69) is 29.7 Å². The molecule has 0 radical (unpaired) electrons. The van der Waals surface area contributed by atoms with Gasteiger partial charge in [-0.05, 0) is 80.6 Å². The maximum atomic E-state index is 14.1. The normalized spacial score (nSPS) is 15.6. The molecule has 0 saturated carbocycles. The van der Waals surface area contributed by atoms with Crippen LogP contribution in [0.2, 0.25) is 0 Å². The molecule has 0 saturated heterocycles. The molecule has 0 spiro atoms. The Morgan fingerprint density at radius 3 is 2.54 bits per heavy atom. The summed E-state index contributed by atoms with van der Waals surface area (Å²) in [5, 5.41) is 6.94. The van der Waals surface area contributed by atoms with Crippen molar-refractivity contribution < 1.29 is 13.5 Å². The predicted molar refractivity (Wildman–Crippen MR) is 101 cm³/mol. The largest absolute Gasteiger partial charge is 0.491 e. The van der Waals surface area contributed by atoms with E-state index in [0.29, 0.717) is 5.56 Å². The molecule has 1 heterocycles. The highest BCUT2D eigenvalue weighted by atomic mass is 19.1. The first-order valence-corrected chi connectivity index (χ1v) is 9.12. The van der Waals surface area contributed by atoms with Gasteiger partial charge in [0.15, 0.2) is 17.4 Å². The molecule has 0 aromatic heterocycles. The van der Waals surface area contributed by atoms with Crippen LogP contribution in [0.3, 0.4) is 0 Å². The zero-order chi connectivity index (χ0) is 18.7. The number of benzene rings is 2. The van der Waals surface area contributed by atoms with Crippen LogP contribution in [0, 0.1) is 18.6 Å². The van der Waals surface area contributed by atoms with Crippen molar-refractivity contribution in [2.75, 3.05) is 25.5 Å². The van der Waals surface area contributed by atoms with Gasteiger partial charge >= 0.3 is 0 Å². The summed E-state index contributed by atoms with van der Waals surface area (Å²) < 4.78 is 32.9. The summed E-state index contributed by atoms with van der Waals surface area (Å²) in [5.74, 6) is -1.70. The summed E-state index contributed by atoms with van der Waals surface area (Å²) in [6, 6.07) is 6.76. The molecule has 0 amide bonds. The first kappa shape index (κ1) is 18.6. The maximum absolute atomic E-state index is 14.1. The monoisotopic (exact) mass is 360 g/mol. The Balaban J connectivity index is 1.92. The summed E-state index contributed by atoms with van der Waals surface area (Å²) >= 11 is 0. The lowest BCUT2D eigenvalue weighted by atomic mass is 9.93. The zero-order valence-electron chi connectivity index (χ0n) is 15.6. The summed E-state index contributed by atoms with van der Waals surface area (Å²) in [6.07, 6.45) is 3.06. The van der Waals surface area contributed by atoms with Gasteiger partial charge in [-0.25, -0.2) is 8.78 Å². The van der Waals surface area contributed by atoms with Crippen LogP contribution in [0.1, 0.15) is 41.6 Å². The number of ether oxygens (including phenoxy) is 1. The second-order valence-corrected chi connectivity index (χ2v) is 6.88. The molecule has 1 unspecified atom stereocenters. The van der Waals surface area contributed by atoms with Crippen molar-refractivity contribution >= 4 is 5.69 Å². The third-order valence-corrected chi connectivity index (χ3v) is 5.06. The van der Waals surface area contributed by atoms with Crippen LogP contribution in [0.5, 0.6) is 5.75 Å².